The van der Waals surface area contributed by atoms with Gasteiger partial charge < -0.3 is 0 Å². The summed E-state index contributed by atoms with van der Waals surface area (Å²) in [6.07, 6.45) is 0. The van der Waals surface area contributed by atoms with Gasteiger partial charge in [-0.3, -0.25) is 9.52 Å². The quantitative estimate of drug-likeness (QED) is 0.794. The topological polar surface area (TPSA) is 101 Å². The first-order valence-corrected chi connectivity index (χ1v) is 12.1. The lowest BCUT2D eigenvalue weighted by atomic mass is 9.95. The molecule has 1 N–H and O–H groups in total. The maximum atomic E-state index is 12.8. The number of nitrogens with one attached hydrogen (secondary N) is 1. The fraction of sp³-hybridized carbons (Fsp3) is 0.350. The molecule has 0 spiro atoms. The highest BCUT2D eigenvalue weighted by Gasteiger charge is 2.49. The summed E-state index contributed by atoms with van der Waals surface area (Å²) in [6, 6.07) is 9.04. The molecule has 0 saturated carbocycles. The van der Waals surface area contributed by atoms with Crippen LogP contribution in [0, 0.1) is 26.2 Å². The molecule has 1 saturated heterocycles. The van der Waals surface area contributed by atoms with Gasteiger partial charge in [-0.1, -0.05) is 17.7 Å². The zero-order valence-electron chi connectivity index (χ0n) is 17.0. The lowest BCUT2D eigenvalue weighted by Crippen LogP contribution is -2.32. The van der Waals surface area contributed by atoms with Crippen LogP contribution in [0.2, 0.25) is 0 Å². The molecule has 0 aromatic heterocycles. The van der Waals surface area contributed by atoms with Gasteiger partial charge in [0.1, 0.15) is 0 Å². The van der Waals surface area contributed by atoms with Gasteiger partial charge in [0, 0.05) is 0 Å². The van der Waals surface area contributed by atoms with Gasteiger partial charge in [0.2, 0.25) is 15.9 Å². The van der Waals surface area contributed by atoms with Gasteiger partial charge >= 0.3 is 0 Å². The van der Waals surface area contributed by atoms with E-state index in [1.807, 2.05) is 32.9 Å². The summed E-state index contributed by atoms with van der Waals surface area (Å²) >= 11 is 0. The van der Waals surface area contributed by atoms with E-state index in [4.69, 9.17) is 0 Å². The highest BCUT2D eigenvalue weighted by atomic mass is 32.2. The second-order valence-corrected chi connectivity index (χ2v) is 11.6. The molecule has 1 aliphatic rings. The summed E-state index contributed by atoms with van der Waals surface area (Å²) in [6.45, 7) is 8.73. The second-order valence-electron chi connectivity index (χ2n) is 8.08. The van der Waals surface area contributed by atoms with E-state index < -0.39 is 31.4 Å². The monoisotopic (exact) mass is 436 g/mol. The summed E-state index contributed by atoms with van der Waals surface area (Å²) in [5, 5.41) is 0. The molecule has 7 nitrogen and oxygen atoms in total. The summed E-state index contributed by atoms with van der Waals surface area (Å²) in [7, 11) is -7.67. The molecule has 1 heterocycles. The number of rotatable bonds is 4. The standard InChI is InChI=1S/C20H24N2O5S2/c1-13-10-14(2)18(15(3)11-13)21-29(26,27)17-8-6-16(7-9-17)22-19(23)20(4,5)12-28(22,24)25/h6-11,21H,12H2,1-5H3. The number of nitrogens with zero attached hydrogens (tertiary/aromatic N) is 1. The largest absolute Gasteiger partial charge is 0.279 e. The Balaban J connectivity index is 1.94. The third kappa shape index (κ3) is 3.89. The van der Waals surface area contributed by atoms with Crippen molar-refractivity contribution in [3.8, 4) is 0 Å². The molecule has 2 aromatic carbocycles. The molecule has 1 aliphatic heterocycles. The lowest BCUT2D eigenvalue weighted by Gasteiger charge is -2.18. The Kier molecular flexibility index (Phi) is 5.03. The normalized spacial score (nSPS) is 18.1. The number of hydrogen-bond donors (Lipinski definition) is 1. The van der Waals surface area contributed by atoms with Crippen LogP contribution < -0.4 is 9.03 Å². The average Bonchev–Trinajstić information content (AvgIpc) is 2.74. The van der Waals surface area contributed by atoms with Crippen molar-refractivity contribution >= 4 is 37.3 Å². The van der Waals surface area contributed by atoms with Crippen LogP contribution in [-0.2, 0) is 24.8 Å². The number of amides is 1. The summed E-state index contributed by atoms with van der Waals surface area (Å²) in [4.78, 5) is 12.5. The Morgan fingerprint density at radius 1 is 1.00 bits per heavy atom. The molecule has 0 atom stereocenters. The van der Waals surface area contributed by atoms with E-state index in [-0.39, 0.29) is 16.3 Å². The first-order valence-electron chi connectivity index (χ1n) is 9.03. The summed E-state index contributed by atoms with van der Waals surface area (Å²) in [5.74, 6) is -0.816. The van der Waals surface area contributed by atoms with Crippen molar-refractivity contribution in [1.82, 2.24) is 0 Å². The Morgan fingerprint density at radius 3 is 1.97 bits per heavy atom. The highest BCUT2D eigenvalue weighted by Crippen LogP contribution is 2.36. The average molecular weight is 437 g/mol. The zero-order valence-corrected chi connectivity index (χ0v) is 18.6. The number of anilines is 2. The molecule has 0 unspecified atom stereocenters. The number of hydrogen-bond acceptors (Lipinski definition) is 5. The molecular weight excluding hydrogens is 412 g/mol. The molecule has 1 amide bonds. The molecule has 3 rings (SSSR count). The predicted molar refractivity (Wildman–Crippen MR) is 113 cm³/mol. The Bertz CT molecular complexity index is 1170. The highest BCUT2D eigenvalue weighted by molar-refractivity contribution is 7.94. The third-order valence-electron chi connectivity index (χ3n) is 4.88. The Hall–Kier alpha value is -2.39. The van der Waals surface area contributed by atoms with Crippen LogP contribution in [0.5, 0.6) is 0 Å². The predicted octanol–water partition coefficient (Wildman–Crippen LogP) is 3.12. The minimum absolute atomic E-state index is 0.0241. The third-order valence-corrected chi connectivity index (χ3v) is 8.26. The van der Waals surface area contributed by atoms with Gasteiger partial charge in [0.05, 0.1) is 27.4 Å². The molecular formula is C20H24N2O5S2. The van der Waals surface area contributed by atoms with Crippen LogP contribution in [0.3, 0.4) is 0 Å². The number of sulfonamides is 2. The molecule has 1 fully saturated rings. The van der Waals surface area contributed by atoms with E-state index in [2.05, 4.69) is 4.72 Å². The zero-order chi connectivity index (χ0) is 21.8. The molecule has 29 heavy (non-hydrogen) atoms. The van der Waals surface area contributed by atoms with Crippen LogP contribution in [0.15, 0.2) is 41.3 Å². The number of aryl methyl sites for hydroxylation is 3. The van der Waals surface area contributed by atoms with E-state index in [9.17, 15) is 21.6 Å². The van der Waals surface area contributed by atoms with Gasteiger partial charge in [0.25, 0.3) is 10.0 Å². The molecule has 0 aliphatic carbocycles. The molecule has 2 aromatic rings. The van der Waals surface area contributed by atoms with Crippen molar-refractivity contribution in [1.29, 1.82) is 0 Å². The minimum Gasteiger partial charge on any atom is -0.279 e. The Labute approximate surface area is 171 Å². The van der Waals surface area contributed by atoms with Crippen molar-refractivity contribution in [2.45, 2.75) is 39.5 Å². The molecule has 0 radical (unpaired) electrons. The van der Waals surface area contributed by atoms with Crippen LogP contribution in [-0.4, -0.2) is 28.5 Å². The van der Waals surface area contributed by atoms with Gasteiger partial charge in [-0.05, 0) is 70.0 Å². The van der Waals surface area contributed by atoms with E-state index in [0.717, 1.165) is 21.0 Å². The second kappa shape index (κ2) is 6.84. The van der Waals surface area contributed by atoms with E-state index >= 15 is 0 Å². The van der Waals surface area contributed by atoms with Gasteiger partial charge in [-0.15, -0.1) is 0 Å². The van der Waals surface area contributed by atoms with Crippen LogP contribution in [0.4, 0.5) is 11.4 Å². The van der Waals surface area contributed by atoms with Crippen LogP contribution in [0.1, 0.15) is 30.5 Å². The maximum absolute atomic E-state index is 12.8. The van der Waals surface area contributed by atoms with E-state index in [1.54, 1.807) is 13.8 Å². The van der Waals surface area contributed by atoms with Crippen molar-refractivity contribution < 1.29 is 21.6 Å². The fourth-order valence-electron chi connectivity index (χ4n) is 3.56. The van der Waals surface area contributed by atoms with Gasteiger partial charge in [-0.2, -0.15) is 0 Å². The number of benzene rings is 2. The number of carbonyl (C=O) groups is 1. The molecule has 9 heteroatoms. The summed E-state index contributed by atoms with van der Waals surface area (Å²) < 4.78 is 53.7. The van der Waals surface area contributed by atoms with E-state index in [0.29, 0.717) is 5.69 Å². The van der Waals surface area contributed by atoms with Gasteiger partial charge in [0.15, 0.2) is 0 Å². The minimum atomic E-state index is -3.88. The smallest absolute Gasteiger partial charge is 0.261 e. The fourth-order valence-corrected chi connectivity index (χ4v) is 6.87. The first-order chi connectivity index (χ1) is 13.2. The SMILES string of the molecule is Cc1cc(C)c(NS(=O)(=O)c2ccc(N3C(=O)C(C)(C)CS3(=O)=O)cc2)c(C)c1. The molecule has 0 bridgehead atoms. The van der Waals surface area contributed by atoms with Crippen molar-refractivity contribution in [3.63, 3.8) is 0 Å². The van der Waals surface area contributed by atoms with Crippen molar-refractivity contribution in [3.05, 3.63) is 53.1 Å². The first kappa shape index (κ1) is 21.3. The molecule has 156 valence electrons. The van der Waals surface area contributed by atoms with Crippen LogP contribution >= 0.6 is 0 Å². The number of carbonyl (C=O) groups excluding carboxylic acids is 1. The summed E-state index contributed by atoms with van der Waals surface area (Å²) in [5.41, 5.74) is 2.26. The Morgan fingerprint density at radius 2 is 1.52 bits per heavy atom. The van der Waals surface area contributed by atoms with Crippen LogP contribution in [0.25, 0.3) is 0 Å². The van der Waals surface area contributed by atoms with Crippen molar-refractivity contribution in [2.75, 3.05) is 14.8 Å². The van der Waals surface area contributed by atoms with Gasteiger partial charge in [-0.25, -0.2) is 21.1 Å². The van der Waals surface area contributed by atoms with E-state index in [1.165, 1.54) is 24.3 Å². The van der Waals surface area contributed by atoms with Crippen molar-refractivity contribution in [2.24, 2.45) is 5.41 Å². The maximum Gasteiger partial charge on any atom is 0.261 e. The lowest BCUT2D eigenvalue weighted by molar-refractivity contribution is -0.123.